The maximum Gasteiger partial charge on any atom is 0.287 e. The van der Waals surface area contributed by atoms with E-state index in [1.165, 1.54) is 29.2 Å². The highest BCUT2D eigenvalue weighted by Crippen LogP contribution is 2.28. The Balaban J connectivity index is 1.32. The van der Waals surface area contributed by atoms with E-state index in [-0.39, 0.29) is 18.1 Å². The molecule has 31 heavy (non-hydrogen) atoms. The summed E-state index contributed by atoms with van der Waals surface area (Å²) in [6, 6.07) is 8.92. The van der Waals surface area contributed by atoms with Crippen LogP contribution in [0.5, 0.6) is 5.75 Å². The Hall–Kier alpha value is -3.18. The molecule has 0 bridgehead atoms. The van der Waals surface area contributed by atoms with Gasteiger partial charge in [-0.15, -0.1) is 14.8 Å². The molecule has 0 spiro atoms. The molecule has 4 rings (SSSR count). The average Bonchev–Trinajstić information content (AvgIpc) is 3.30. The van der Waals surface area contributed by atoms with E-state index in [4.69, 9.17) is 9.26 Å². The number of nitrogens with zero attached hydrogens (tertiary/aromatic N) is 4. The first-order chi connectivity index (χ1) is 14.9. The van der Waals surface area contributed by atoms with Crippen LogP contribution in [0.3, 0.4) is 0 Å². The first-order valence-electron chi connectivity index (χ1n) is 9.32. The average molecular weight is 458 g/mol. The number of aromatic nitrogens is 4. The molecule has 4 aromatic rings. The van der Waals surface area contributed by atoms with Crippen LogP contribution in [0.4, 0.5) is 5.13 Å². The van der Waals surface area contributed by atoms with Crippen molar-refractivity contribution in [3.05, 3.63) is 63.3 Å². The molecule has 0 fully saturated rings. The Bertz CT molecular complexity index is 1290. The Kier molecular flexibility index (Phi) is 6.05. The number of carbonyl (C=O) groups is 1. The van der Waals surface area contributed by atoms with Gasteiger partial charge < -0.3 is 9.26 Å². The van der Waals surface area contributed by atoms with Crippen LogP contribution in [0.15, 0.2) is 44.0 Å². The lowest BCUT2D eigenvalue weighted by atomic mass is 10.1. The summed E-state index contributed by atoms with van der Waals surface area (Å²) in [7, 11) is 0. The van der Waals surface area contributed by atoms with E-state index < -0.39 is 0 Å². The molecule has 1 N–H and O–H groups in total. The summed E-state index contributed by atoms with van der Waals surface area (Å²) in [5, 5.41) is 11.1. The summed E-state index contributed by atoms with van der Waals surface area (Å²) < 4.78 is 12.6. The van der Waals surface area contributed by atoms with Crippen molar-refractivity contribution in [3.63, 3.8) is 0 Å². The maximum atomic E-state index is 12.1. The smallest absolute Gasteiger partial charge is 0.287 e. The molecule has 1 amide bonds. The van der Waals surface area contributed by atoms with E-state index in [9.17, 15) is 9.59 Å². The molecule has 0 radical (unpaired) electrons. The van der Waals surface area contributed by atoms with Crippen molar-refractivity contribution in [1.29, 1.82) is 0 Å². The minimum absolute atomic E-state index is 0.122. The molecule has 11 heteroatoms. The molecular formula is C20H19N5O4S2. The van der Waals surface area contributed by atoms with Gasteiger partial charge in [-0.2, -0.15) is 0 Å². The van der Waals surface area contributed by atoms with Gasteiger partial charge in [-0.3, -0.25) is 14.9 Å². The van der Waals surface area contributed by atoms with E-state index in [2.05, 4.69) is 20.5 Å². The SMILES string of the molecule is Cc1cc(C)cc(OCC(=O)Nc2nnc(SCc3cc(=O)n4oc(C)cc4n3)s2)c1. The number of anilines is 1. The lowest BCUT2D eigenvalue weighted by Gasteiger charge is -2.07. The van der Waals surface area contributed by atoms with Gasteiger partial charge in [0.25, 0.3) is 11.5 Å². The van der Waals surface area contributed by atoms with Gasteiger partial charge in [0.1, 0.15) is 11.5 Å². The van der Waals surface area contributed by atoms with Gasteiger partial charge in [-0.25, -0.2) is 4.98 Å². The zero-order valence-corrected chi connectivity index (χ0v) is 18.7. The van der Waals surface area contributed by atoms with Crippen molar-refractivity contribution >= 4 is 39.8 Å². The third-order valence-corrected chi connectivity index (χ3v) is 6.09. The van der Waals surface area contributed by atoms with Crippen molar-refractivity contribution in [2.24, 2.45) is 0 Å². The Labute approximate surface area is 185 Å². The molecular weight excluding hydrogens is 438 g/mol. The number of hydrogen-bond acceptors (Lipinski definition) is 9. The molecule has 9 nitrogen and oxygen atoms in total. The van der Waals surface area contributed by atoms with Crippen LogP contribution in [0.1, 0.15) is 22.6 Å². The van der Waals surface area contributed by atoms with E-state index in [0.29, 0.717) is 38.1 Å². The predicted octanol–water partition coefficient (Wildman–Crippen LogP) is 3.37. The number of hydrogen-bond donors (Lipinski definition) is 1. The molecule has 0 unspecified atom stereocenters. The van der Waals surface area contributed by atoms with E-state index in [0.717, 1.165) is 15.7 Å². The maximum absolute atomic E-state index is 12.1. The number of amides is 1. The minimum Gasteiger partial charge on any atom is -0.484 e. The fourth-order valence-corrected chi connectivity index (χ4v) is 4.58. The number of thioether (sulfide) groups is 1. The predicted molar refractivity (Wildman–Crippen MR) is 118 cm³/mol. The lowest BCUT2D eigenvalue weighted by Crippen LogP contribution is -2.20. The van der Waals surface area contributed by atoms with Crippen LogP contribution in [0.2, 0.25) is 0 Å². The molecule has 3 aromatic heterocycles. The highest BCUT2D eigenvalue weighted by atomic mass is 32.2. The molecule has 0 aliphatic rings. The second-order valence-electron chi connectivity index (χ2n) is 6.91. The normalized spacial score (nSPS) is 11.1. The summed E-state index contributed by atoms with van der Waals surface area (Å²) >= 11 is 2.62. The topological polar surface area (TPSA) is 112 Å². The molecule has 3 heterocycles. The quantitative estimate of drug-likeness (QED) is 0.332. The number of aryl methyl sites for hydroxylation is 3. The third kappa shape index (κ3) is 5.30. The summed E-state index contributed by atoms with van der Waals surface area (Å²) in [5.74, 6) is 1.38. The third-order valence-electron chi connectivity index (χ3n) is 4.09. The second kappa shape index (κ2) is 8.90. The van der Waals surface area contributed by atoms with Crippen LogP contribution in [-0.4, -0.2) is 32.3 Å². The van der Waals surface area contributed by atoms with Crippen molar-refractivity contribution < 1.29 is 14.1 Å². The lowest BCUT2D eigenvalue weighted by molar-refractivity contribution is -0.118. The number of rotatable bonds is 7. The van der Waals surface area contributed by atoms with Gasteiger partial charge in [0.05, 0.1) is 5.69 Å². The molecule has 0 saturated carbocycles. The molecule has 0 atom stereocenters. The van der Waals surface area contributed by atoms with Crippen molar-refractivity contribution in [2.45, 2.75) is 30.9 Å². The molecule has 0 aliphatic heterocycles. The monoisotopic (exact) mass is 457 g/mol. The first-order valence-corrected chi connectivity index (χ1v) is 11.1. The fourth-order valence-electron chi connectivity index (χ4n) is 2.92. The summed E-state index contributed by atoms with van der Waals surface area (Å²) in [6.45, 7) is 5.58. The Morgan fingerprint density at radius 1 is 1.16 bits per heavy atom. The van der Waals surface area contributed by atoms with Crippen molar-refractivity contribution in [2.75, 3.05) is 11.9 Å². The van der Waals surface area contributed by atoms with Crippen LogP contribution in [0, 0.1) is 20.8 Å². The Morgan fingerprint density at radius 2 is 1.94 bits per heavy atom. The summed E-state index contributed by atoms with van der Waals surface area (Å²) in [6.07, 6.45) is 0. The zero-order valence-electron chi connectivity index (χ0n) is 17.0. The van der Waals surface area contributed by atoms with Gasteiger partial charge in [0, 0.05) is 17.9 Å². The van der Waals surface area contributed by atoms with Gasteiger partial charge in [-0.1, -0.05) is 29.2 Å². The van der Waals surface area contributed by atoms with E-state index in [1.54, 1.807) is 13.0 Å². The molecule has 160 valence electrons. The first kappa shape index (κ1) is 21.1. The number of carbonyl (C=O) groups excluding carboxylic acids is 1. The summed E-state index contributed by atoms with van der Waals surface area (Å²) in [5.41, 5.74) is 2.94. The molecule has 0 saturated heterocycles. The number of ether oxygens (including phenoxy) is 1. The van der Waals surface area contributed by atoms with E-state index in [1.807, 2.05) is 32.0 Å². The van der Waals surface area contributed by atoms with Crippen LogP contribution < -0.4 is 15.6 Å². The Morgan fingerprint density at radius 3 is 2.71 bits per heavy atom. The van der Waals surface area contributed by atoms with Gasteiger partial charge in [0.15, 0.2) is 16.6 Å². The number of fused-ring (bicyclic) bond motifs is 1. The van der Waals surface area contributed by atoms with Crippen molar-refractivity contribution in [1.82, 2.24) is 19.8 Å². The van der Waals surface area contributed by atoms with Crippen LogP contribution in [0.25, 0.3) is 5.65 Å². The highest BCUT2D eigenvalue weighted by molar-refractivity contribution is 8.00. The standard InChI is InChI=1S/C20H19N5O4S2/c1-11-4-12(2)6-15(5-11)28-9-17(26)22-19-23-24-20(31-19)30-10-14-8-18(27)25-16(21-14)7-13(3)29-25/h4-8H,9-10H2,1-3H3,(H,22,23,26). The van der Waals surface area contributed by atoms with Gasteiger partial charge in [-0.05, 0) is 44.0 Å². The number of benzene rings is 1. The van der Waals surface area contributed by atoms with Crippen molar-refractivity contribution in [3.8, 4) is 5.75 Å². The highest BCUT2D eigenvalue weighted by Gasteiger charge is 2.12. The van der Waals surface area contributed by atoms with Crippen LogP contribution >= 0.6 is 23.1 Å². The number of nitrogens with one attached hydrogen (secondary N) is 1. The van der Waals surface area contributed by atoms with Crippen LogP contribution in [-0.2, 0) is 10.5 Å². The molecule has 1 aromatic carbocycles. The minimum atomic E-state index is -0.317. The van der Waals surface area contributed by atoms with Gasteiger partial charge in [0.2, 0.25) is 5.13 Å². The van der Waals surface area contributed by atoms with E-state index >= 15 is 0 Å². The molecule has 0 aliphatic carbocycles. The summed E-state index contributed by atoms with van der Waals surface area (Å²) in [4.78, 5) is 28.6. The second-order valence-corrected chi connectivity index (χ2v) is 9.11. The fraction of sp³-hybridized carbons (Fsp3) is 0.250. The van der Waals surface area contributed by atoms with Gasteiger partial charge >= 0.3 is 0 Å². The largest absolute Gasteiger partial charge is 0.484 e. The zero-order chi connectivity index (χ0) is 22.0.